The molecule has 0 aromatic heterocycles. The molecule has 18 heavy (non-hydrogen) atoms. The summed E-state index contributed by atoms with van der Waals surface area (Å²) < 4.78 is 11.1. The molecule has 0 aromatic carbocycles. The molecule has 0 fully saturated rings. The summed E-state index contributed by atoms with van der Waals surface area (Å²) in [7, 11) is -0.935. The van der Waals surface area contributed by atoms with Crippen molar-refractivity contribution in [3.63, 3.8) is 0 Å². The highest BCUT2D eigenvalue weighted by molar-refractivity contribution is 8.41. The summed E-state index contributed by atoms with van der Waals surface area (Å²) >= 11 is 4.34. The second kappa shape index (κ2) is 15.8. The van der Waals surface area contributed by atoms with Crippen molar-refractivity contribution in [3.05, 3.63) is 0 Å². The molecule has 0 aliphatic rings. The van der Waals surface area contributed by atoms with E-state index in [4.69, 9.17) is 9.05 Å². The molecule has 0 unspecified atom stereocenters. The van der Waals surface area contributed by atoms with Gasteiger partial charge in [0.2, 0.25) is 7.58 Å². The highest BCUT2D eigenvalue weighted by Gasteiger charge is 2.03. The van der Waals surface area contributed by atoms with Crippen molar-refractivity contribution >= 4 is 19.8 Å². The minimum atomic E-state index is -0.935. The van der Waals surface area contributed by atoms with Crippen molar-refractivity contribution in [1.29, 1.82) is 0 Å². The third kappa shape index (κ3) is 14.8. The van der Waals surface area contributed by atoms with Crippen molar-refractivity contribution in [1.82, 2.24) is 0 Å². The highest BCUT2D eigenvalue weighted by atomic mass is 32.7. The first-order valence-electron chi connectivity index (χ1n) is 7.56. The highest BCUT2D eigenvalue weighted by Crippen LogP contribution is 2.43. The molecule has 0 radical (unpaired) electrons. The molecule has 0 amide bonds. The molecular weight excluding hydrogens is 263 g/mol. The molecule has 0 rings (SSSR count). The zero-order valence-corrected chi connectivity index (χ0v) is 14.0. The summed E-state index contributed by atoms with van der Waals surface area (Å²) in [6.45, 7) is 6.07. The molecule has 0 saturated heterocycles. The Labute approximate surface area is 120 Å². The molecule has 0 spiro atoms. The Morgan fingerprint density at radius 2 is 1.06 bits per heavy atom. The lowest BCUT2D eigenvalue weighted by atomic mass is 10.2. The summed E-state index contributed by atoms with van der Waals surface area (Å²) in [5, 5.41) is 0. The van der Waals surface area contributed by atoms with Crippen LogP contribution in [0.1, 0.15) is 78.1 Å². The first-order chi connectivity index (χ1) is 8.81. The Kier molecular flexibility index (Phi) is 16.4. The van der Waals surface area contributed by atoms with Gasteiger partial charge in [-0.05, 0) is 12.8 Å². The van der Waals surface area contributed by atoms with Crippen LogP contribution < -0.4 is 0 Å². The molecule has 0 heterocycles. The maximum Gasteiger partial charge on any atom is 0.234 e. The Morgan fingerprint density at radius 3 is 1.44 bits per heavy atom. The average Bonchev–Trinajstić information content (AvgIpc) is 2.38. The molecule has 110 valence electrons. The van der Waals surface area contributed by atoms with E-state index >= 15 is 0 Å². The van der Waals surface area contributed by atoms with Gasteiger partial charge in [0.15, 0.2) is 0 Å². The van der Waals surface area contributed by atoms with E-state index in [2.05, 4.69) is 26.1 Å². The Hall–Kier alpha value is 0.700. The van der Waals surface area contributed by atoms with Crippen LogP contribution >= 0.6 is 19.8 Å². The van der Waals surface area contributed by atoms with Crippen molar-refractivity contribution in [2.45, 2.75) is 78.1 Å². The summed E-state index contributed by atoms with van der Waals surface area (Å²) in [5.41, 5.74) is 0. The van der Waals surface area contributed by atoms with E-state index < -0.39 is 7.58 Å². The van der Waals surface area contributed by atoms with E-state index in [1.807, 2.05) is 0 Å². The largest absolute Gasteiger partial charge is 0.326 e. The Balaban J connectivity index is 3.10. The zero-order chi connectivity index (χ0) is 13.5. The quantitative estimate of drug-likeness (QED) is 0.236. The van der Waals surface area contributed by atoms with Crippen molar-refractivity contribution in [2.75, 3.05) is 13.2 Å². The third-order valence-electron chi connectivity index (χ3n) is 2.90. The van der Waals surface area contributed by atoms with Gasteiger partial charge in [0, 0.05) is 0 Å². The van der Waals surface area contributed by atoms with Crippen LogP contribution in [-0.4, -0.2) is 13.2 Å². The summed E-state index contributed by atoms with van der Waals surface area (Å²) in [6.07, 6.45) is 12.7. The number of hydrogen-bond acceptors (Lipinski definition) is 3. The second-order valence-electron chi connectivity index (χ2n) is 4.73. The van der Waals surface area contributed by atoms with Gasteiger partial charge in [-0.1, -0.05) is 77.5 Å². The lowest BCUT2D eigenvalue weighted by Crippen LogP contribution is -1.93. The SMILES string of the molecule is CCCCCCCOP(S)OCCCCCCC. The molecule has 2 nitrogen and oxygen atoms in total. The van der Waals surface area contributed by atoms with E-state index in [1.165, 1.54) is 51.4 Å². The monoisotopic (exact) mass is 294 g/mol. The number of hydrogen-bond donors (Lipinski definition) is 1. The van der Waals surface area contributed by atoms with Crippen LogP contribution in [0.3, 0.4) is 0 Å². The van der Waals surface area contributed by atoms with Crippen molar-refractivity contribution in [2.24, 2.45) is 0 Å². The van der Waals surface area contributed by atoms with Gasteiger partial charge in [-0.25, -0.2) is 0 Å². The van der Waals surface area contributed by atoms with Crippen LogP contribution in [0.5, 0.6) is 0 Å². The predicted molar refractivity (Wildman–Crippen MR) is 85.3 cm³/mol. The standard InChI is InChI=1S/C14H31O2PS/c1-3-5-7-9-11-13-15-17(18)16-14-12-10-8-6-4-2/h18H,3-14H2,1-2H3. The average molecular weight is 294 g/mol. The molecule has 0 aromatic rings. The Bertz CT molecular complexity index is 143. The lowest BCUT2D eigenvalue weighted by Gasteiger charge is -2.11. The van der Waals surface area contributed by atoms with Crippen LogP contribution in [0.15, 0.2) is 0 Å². The molecule has 0 N–H and O–H groups in total. The first kappa shape index (κ1) is 18.7. The van der Waals surface area contributed by atoms with E-state index in [9.17, 15) is 0 Å². The number of thiol groups is 1. The van der Waals surface area contributed by atoms with Crippen molar-refractivity contribution < 1.29 is 9.05 Å². The maximum absolute atomic E-state index is 5.56. The zero-order valence-electron chi connectivity index (χ0n) is 12.2. The molecule has 0 aliphatic carbocycles. The van der Waals surface area contributed by atoms with Crippen LogP contribution in [-0.2, 0) is 9.05 Å². The van der Waals surface area contributed by atoms with E-state index in [0.29, 0.717) is 0 Å². The predicted octanol–water partition coefficient (Wildman–Crippen LogP) is 6.12. The van der Waals surface area contributed by atoms with Gasteiger partial charge in [0.1, 0.15) is 0 Å². The fourth-order valence-electron chi connectivity index (χ4n) is 1.73. The minimum absolute atomic E-state index is 0.800. The van der Waals surface area contributed by atoms with Gasteiger partial charge in [0.25, 0.3) is 0 Å². The van der Waals surface area contributed by atoms with Gasteiger partial charge in [-0.3, -0.25) is 0 Å². The first-order valence-corrected chi connectivity index (χ1v) is 9.89. The summed E-state index contributed by atoms with van der Waals surface area (Å²) in [4.78, 5) is 0. The van der Waals surface area contributed by atoms with E-state index in [1.54, 1.807) is 0 Å². The third-order valence-corrected chi connectivity index (χ3v) is 4.40. The van der Waals surface area contributed by atoms with Gasteiger partial charge in [0.05, 0.1) is 13.2 Å². The van der Waals surface area contributed by atoms with Gasteiger partial charge in [-0.2, -0.15) is 0 Å². The Morgan fingerprint density at radius 1 is 0.667 bits per heavy atom. The molecule has 0 atom stereocenters. The molecule has 0 saturated carbocycles. The fourth-order valence-corrected chi connectivity index (χ4v) is 2.87. The van der Waals surface area contributed by atoms with Crippen LogP contribution in [0, 0.1) is 0 Å². The topological polar surface area (TPSA) is 18.5 Å². The second-order valence-corrected chi connectivity index (χ2v) is 6.70. The summed E-state index contributed by atoms with van der Waals surface area (Å²) in [5.74, 6) is 0. The molecule has 0 bridgehead atoms. The van der Waals surface area contributed by atoms with Gasteiger partial charge >= 0.3 is 0 Å². The van der Waals surface area contributed by atoms with Crippen molar-refractivity contribution in [3.8, 4) is 0 Å². The smallest absolute Gasteiger partial charge is 0.234 e. The van der Waals surface area contributed by atoms with E-state index in [0.717, 1.165) is 26.1 Å². The number of rotatable bonds is 14. The number of unbranched alkanes of at least 4 members (excludes halogenated alkanes) is 8. The summed E-state index contributed by atoms with van der Waals surface area (Å²) in [6, 6.07) is 0. The maximum atomic E-state index is 5.56. The van der Waals surface area contributed by atoms with Gasteiger partial charge < -0.3 is 9.05 Å². The lowest BCUT2D eigenvalue weighted by molar-refractivity contribution is 0.252. The van der Waals surface area contributed by atoms with Crippen LogP contribution in [0.25, 0.3) is 0 Å². The molecule has 0 aliphatic heterocycles. The molecular formula is C14H31O2PS. The van der Waals surface area contributed by atoms with Crippen LogP contribution in [0.4, 0.5) is 0 Å². The van der Waals surface area contributed by atoms with Gasteiger partial charge in [-0.15, -0.1) is 0 Å². The fraction of sp³-hybridized carbons (Fsp3) is 1.00. The normalized spacial score (nSPS) is 11.3. The van der Waals surface area contributed by atoms with E-state index in [-0.39, 0.29) is 0 Å². The minimum Gasteiger partial charge on any atom is -0.326 e. The van der Waals surface area contributed by atoms with Crippen LogP contribution in [0.2, 0.25) is 0 Å². The molecule has 4 heteroatoms.